The molecule has 0 amide bonds. The van der Waals surface area contributed by atoms with Gasteiger partial charge < -0.3 is 14.9 Å². The van der Waals surface area contributed by atoms with E-state index in [4.69, 9.17) is 9.59 Å². The molecule has 1 aliphatic rings. The molecule has 70 valence electrons. The fraction of sp³-hybridized carbons (Fsp3) is 0.200. The predicted octanol–water partition coefficient (Wildman–Crippen LogP) is 0.920. The zero-order valence-corrected chi connectivity index (χ0v) is 7.45. The standard InChI is InChI=1S/C8H9N.2CH2O/c1-2-4-8-6-9-5-7(8)3-1;2*1-2/h1-4,9H,5-6H2;2*1H2. The van der Waals surface area contributed by atoms with Crippen molar-refractivity contribution in [3.8, 4) is 0 Å². The van der Waals surface area contributed by atoms with Crippen molar-refractivity contribution in [2.24, 2.45) is 0 Å². The molecular formula is C10H13NO2. The van der Waals surface area contributed by atoms with Crippen LogP contribution in [-0.4, -0.2) is 13.6 Å². The Kier molecular flexibility index (Phi) is 6.37. The van der Waals surface area contributed by atoms with E-state index in [1.54, 1.807) is 0 Å². The minimum absolute atomic E-state index is 1.05. The van der Waals surface area contributed by atoms with Gasteiger partial charge in [0.05, 0.1) is 0 Å². The maximum absolute atomic E-state index is 8.00. The van der Waals surface area contributed by atoms with Gasteiger partial charge >= 0.3 is 0 Å². The zero-order chi connectivity index (χ0) is 10.1. The molecule has 1 heterocycles. The van der Waals surface area contributed by atoms with Gasteiger partial charge in [0.15, 0.2) is 0 Å². The summed E-state index contributed by atoms with van der Waals surface area (Å²) in [6, 6.07) is 8.53. The van der Waals surface area contributed by atoms with Crippen molar-refractivity contribution < 1.29 is 9.59 Å². The minimum Gasteiger partial charge on any atom is -0.309 e. The molecule has 0 aromatic heterocycles. The number of hydrogen-bond acceptors (Lipinski definition) is 3. The van der Waals surface area contributed by atoms with Crippen molar-refractivity contribution in [1.82, 2.24) is 5.32 Å². The fourth-order valence-corrected chi connectivity index (χ4v) is 1.23. The first-order valence-electron chi connectivity index (χ1n) is 3.82. The molecular weight excluding hydrogens is 166 g/mol. The molecule has 3 nitrogen and oxygen atoms in total. The molecule has 0 spiro atoms. The topological polar surface area (TPSA) is 46.2 Å². The van der Waals surface area contributed by atoms with Crippen LogP contribution in [0.15, 0.2) is 24.3 Å². The Morgan fingerprint density at radius 1 is 0.923 bits per heavy atom. The molecule has 0 atom stereocenters. The quantitative estimate of drug-likeness (QED) is 0.644. The Morgan fingerprint density at radius 3 is 1.69 bits per heavy atom. The summed E-state index contributed by atoms with van der Waals surface area (Å²) in [7, 11) is 0. The SMILES string of the molecule is C=O.C=O.c1ccc2c(c1)CNC2. The Bertz CT molecular complexity index is 225. The van der Waals surface area contributed by atoms with Gasteiger partial charge in [-0.05, 0) is 11.1 Å². The van der Waals surface area contributed by atoms with Gasteiger partial charge in [-0.2, -0.15) is 0 Å². The van der Waals surface area contributed by atoms with Crippen LogP contribution >= 0.6 is 0 Å². The van der Waals surface area contributed by atoms with Crippen molar-refractivity contribution in [1.29, 1.82) is 0 Å². The van der Waals surface area contributed by atoms with Gasteiger partial charge in [-0.3, -0.25) is 0 Å². The Labute approximate surface area is 77.8 Å². The average molecular weight is 179 g/mol. The van der Waals surface area contributed by atoms with Gasteiger partial charge in [0.25, 0.3) is 0 Å². The van der Waals surface area contributed by atoms with Gasteiger partial charge in [-0.1, -0.05) is 24.3 Å². The van der Waals surface area contributed by atoms with E-state index < -0.39 is 0 Å². The van der Waals surface area contributed by atoms with Crippen molar-refractivity contribution in [3.05, 3.63) is 35.4 Å². The third-order valence-electron chi connectivity index (χ3n) is 1.75. The van der Waals surface area contributed by atoms with E-state index >= 15 is 0 Å². The highest BCUT2D eigenvalue weighted by Gasteiger charge is 2.06. The molecule has 0 unspecified atom stereocenters. The van der Waals surface area contributed by atoms with Gasteiger partial charge in [0.1, 0.15) is 13.6 Å². The van der Waals surface area contributed by atoms with Crippen LogP contribution in [0.2, 0.25) is 0 Å². The number of carbonyl (C=O) groups is 2. The molecule has 2 rings (SSSR count). The van der Waals surface area contributed by atoms with Crippen molar-refractivity contribution >= 4 is 13.6 Å². The molecule has 13 heavy (non-hydrogen) atoms. The van der Waals surface area contributed by atoms with E-state index in [0.717, 1.165) is 13.1 Å². The summed E-state index contributed by atoms with van der Waals surface area (Å²) < 4.78 is 0. The molecule has 3 heteroatoms. The second kappa shape index (κ2) is 7.18. The first-order valence-corrected chi connectivity index (χ1v) is 3.82. The number of nitrogens with one attached hydrogen (secondary N) is 1. The van der Waals surface area contributed by atoms with E-state index in [1.165, 1.54) is 11.1 Å². The van der Waals surface area contributed by atoms with Crippen LogP contribution in [0.5, 0.6) is 0 Å². The highest BCUT2D eigenvalue weighted by Crippen LogP contribution is 2.12. The lowest BCUT2D eigenvalue weighted by atomic mass is 10.1. The zero-order valence-electron chi connectivity index (χ0n) is 7.45. The molecule has 0 fully saturated rings. The number of rotatable bonds is 0. The summed E-state index contributed by atoms with van der Waals surface area (Å²) in [6.45, 7) is 6.10. The lowest BCUT2D eigenvalue weighted by Gasteiger charge is -1.91. The summed E-state index contributed by atoms with van der Waals surface area (Å²) in [4.78, 5) is 16.0. The monoisotopic (exact) mass is 179 g/mol. The molecule has 1 N–H and O–H groups in total. The van der Waals surface area contributed by atoms with Crippen molar-refractivity contribution in [2.75, 3.05) is 0 Å². The van der Waals surface area contributed by atoms with Crippen molar-refractivity contribution in [2.45, 2.75) is 13.1 Å². The van der Waals surface area contributed by atoms with Crippen molar-refractivity contribution in [3.63, 3.8) is 0 Å². The third-order valence-corrected chi connectivity index (χ3v) is 1.75. The van der Waals surface area contributed by atoms with Crippen LogP contribution in [0.3, 0.4) is 0 Å². The number of carbonyl (C=O) groups excluding carboxylic acids is 2. The Balaban J connectivity index is 0.000000322. The van der Waals surface area contributed by atoms with E-state index in [2.05, 4.69) is 29.6 Å². The Morgan fingerprint density at radius 2 is 1.31 bits per heavy atom. The highest BCUT2D eigenvalue weighted by molar-refractivity contribution is 5.29. The molecule has 1 aromatic rings. The minimum atomic E-state index is 1.05. The van der Waals surface area contributed by atoms with E-state index in [9.17, 15) is 0 Å². The lowest BCUT2D eigenvalue weighted by molar-refractivity contribution is -0.0987. The molecule has 0 aliphatic carbocycles. The van der Waals surface area contributed by atoms with E-state index in [0.29, 0.717) is 0 Å². The summed E-state index contributed by atoms with van der Waals surface area (Å²) in [6.07, 6.45) is 0. The molecule has 1 aromatic carbocycles. The highest BCUT2D eigenvalue weighted by atomic mass is 16.1. The van der Waals surface area contributed by atoms with Crippen LogP contribution in [-0.2, 0) is 22.7 Å². The largest absolute Gasteiger partial charge is 0.309 e. The maximum Gasteiger partial charge on any atom is 0.106 e. The van der Waals surface area contributed by atoms with Crippen LogP contribution in [0.1, 0.15) is 11.1 Å². The summed E-state index contributed by atoms with van der Waals surface area (Å²) in [5, 5.41) is 3.29. The first kappa shape index (κ1) is 11.5. The predicted molar refractivity (Wildman–Crippen MR) is 51.2 cm³/mol. The summed E-state index contributed by atoms with van der Waals surface area (Å²) in [5.74, 6) is 0. The molecule has 0 saturated carbocycles. The van der Waals surface area contributed by atoms with Gasteiger partial charge in [-0.15, -0.1) is 0 Å². The van der Waals surface area contributed by atoms with Crippen LogP contribution in [0.25, 0.3) is 0 Å². The van der Waals surface area contributed by atoms with E-state index in [-0.39, 0.29) is 0 Å². The third kappa shape index (κ3) is 3.17. The summed E-state index contributed by atoms with van der Waals surface area (Å²) >= 11 is 0. The molecule has 0 bridgehead atoms. The second-order valence-electron chi connectivity index (χ2n) is 2.37. The van der Waals surface area contributed by atoms with Crippen LogP contribution < -0.4 is 5.32 Å². The van der Waals surface area contributed by atoms with E-state index in [1.807, 2.05) is 13.6 Å². The average Bonchev–Trinajstić information content (AvgIpc) is 2.71. The van der Waals surface area contributed by atoms with Crippen LogP contribution in [0.4, 0.5) is 0 Å². The molecule has 0 radical (unpaired) electrons. The number of fused-ring (bicyclic) bond motifs is 1. The fourth-order valence-electron chi connectivity index (χ4n) is 1.23. The maximum atomic E-state index is 8.00. The first-order chi connectivity index (χ1) is 6.47. The second-order valence-corrected chi connectivity index (χ2v) is 2.37. The smallest absolute Gasteiger partial charge is 0.106 e. The lowest BCUT2D eigenvalue weighted by Crippen LogP contribution is -1.99. The molecule has 0 saturated heterocycles. The van der Waals surface area contributed by atoms with Crippen LogP contribution in [0, 0.1) is 0 Å². The number of benzene rings is 1. The molecule has 1 aliphatic heterocycles. The van der Waals surface area contributed by atoms with Gasteiger partial charge in [0, 0.05) is 13.1 Å². The Hall–Kier alpha value is -1.48. The van der Waals surface area contributed by atoms with Gasteiger partial charge in [0.2, 0.25) is 0 Å². The number of hydrogen-bond donors (Lipinski definition) is 1. The van der Waals surface area contributed by atoms with Gasteiger partial charge in [-0.25, -0.2) is 0 Å². The normalized spacial score (nSPS) is 11.4. The summed E-state index contributed by atoms with van der Waals surface area (Å²) in [5.41, 5.74) is 2.91.